The fraction of sp³-hybridized carbons (Fsp3) is 0.222. The zero-order valence-corrected chi connectivity index (χ0v) is 9.04. The number of carbonyl (C=O) groups is 1. The Morgan fingerprint density at radius 2 is 1.61 bits per heavy atom. The molecule has 1 aromatic rings. The molecule has 0 bridgehead atoms. The van der Waals surface area contributed by atoms with Crippen molar-refractivity contribution in [2.24, 2.45) is 0 Å². The van der Waals surface area contributed by atoms with Crippen LogP contribution in [0, 0.1) is 0 Å². The van der Waals surface area contributed by atoms with Gasteiger partial charge in [-0.15, -0.1) is 0 Å². The van der Waals surface area contributed by atoms with Gasteiger partial charge in [0.15, 0.2) is 0 Å². The van der Waals surface area contributed by atoms with Crippen LogP contribution in [-0.4, -0.2) is 12.0 Å². The number of hydrogen-bond acceptors (Lipinski definition) is 2. The molecule has 0 spiro atoms. The summed E-state index contributed by atoms with van der Waals surface area (Å²) in [6.07, 6.45) is -10.3. The molecule has 0 heterocycles. The van der Waals surface area contributed by atoms with Crippen molar-refractivity contribution in [3.8, 4) is 0 Å². The van der Waals surface area contributed by atoms with E-state index in [-0.39, 0.29) is 6.07 Å². The lowest BCUT2D eigenvalue weighted by molar-refractivity contribution is -0.137. The van der Waals surface area contributed by atoms with E-state index >= 15 is 0 Å². The fourth-order valence-electron chi connectivity index (χ4n) is 1.15. The second kappa shape index (κ2) is 4.34. The van der Waals surface area contributed by atoms with E-state index in [1.807, 2.05) is 0 Å². The Labute approximate surface area is 101 Å². The second-order valence-corrected chi connectivity index (χ2v) is 3.65. The molecular formula is C9H4ClF6NO. The lowest BCUT2D eigenvalue weighted by atomic mass is 10.0. The number of benzene rings is 1. The van der Waals surface area contributed by atoms with Crippen LogP contribution in [0.25, 0.3) is 0 Å². The lowest BCUT2D eigenvalue weighted by Gasteiger charge is -2.13. The first-order valence-corrected chi connectivity index (χ1v) is 4.60. The van der Waals surface area contributed by atoms with E-state index in [1.54, 1.807) is 0 Å². The highest BCUT2D eigenvalue weighted by molar-refractivity contribution is 6.33. The summed E-state index contributed by atoms with van der Waals surface area (Å²) < 4.78 is 73.6. The molecule has 0 saturated heterocycles. The number of nitrogens with two attached hydrogens (primary N) is 1. The van der Waals surface area contributed by atoms with Gasteiger partial charge in [-0.1, -0.05) is 11.6 Å². The maximum absolute atomic E-state index is 12.4. The molecule has 1 rings (SSSR count). The summed E-state index contributed by atoms with van der Waals surface area (Å²) in [4.78, 5) is 10.8. The molecule has 100 valence electrons. The van der Waals surface area contributed by atoms with E-state index < -0.39 is 40.0 Å². The molecule has 1 aromatic carbocycles. The summed E-state index contributed by atoms with van der Waals surface area (Å²) in [6, 6.07) is 0.471. The predicted octanol–water partition coefficient (Wildman–Crippen LogP) is 3.69. The number of nitrogen functional groups attached to an aromatic ring is 1. The van der Waals surface area contributed by atoms with Gasteiger partial charge in [-0.3, -0.25) is 4.79 Å². The van der Waals surface area contributed by atoms with Crippen molar-refractivity contribution in [3.05, 3.63) is 28.3 Å². The third-order valence-electron chi connectivity index (χ3n) is 1.95. The van der Waals surface area contributed by atoms with Gasteiger partial charge in [0.1, 0.15) is 0 Å². The average Bonchev–Trinajstić information content (AvgIpc) is 2.17. The number of halogens is 7. The van der Waals surface area contributed by atoms with E-state index in [0.29, 0.717) is 6.07 Å². The third kappa shape index (κ3) is 2.87. The number of anilines is 1. The zero-order chi connectivity index (χ0) is 14.3. The first-order valence-electron chi connectivity index (χ1n) is 4.22. The lowest BCUT2D eigenvalue weighted by Crippen LogP contribution is -2.23. The molecule has 0 saturated carbocycles. The normalized spacial score (nSPS) is 12.6. The van der Waals surface area contributed by atoms with Gasteiger partial charge in [-0.25, -0.2) is 0 Å². The van der Waals surface area contributed by atoms with Gasteiger partial charge in [-0.2, -0.15) is 26.3 Å². The summed E-state index contributed by atoms with van der Waals surface area (Å²) in [5, 5.41) is -0.766. The van der Waals surface area contributed by atoms with Crippen molar-refractivity contribution in [2.45, 2.75) is 12.4 Å². The second-order valence-electron chi connectivity index (χ2n) is 3.24. The number of ketones is 1. The van der Waals surface area contributed by atoms with Crippen LogP contribution in [0.3, 0.4) is 0 Å². The van der Waals surface area contributed by atoms with E-state index in [0.717, 1.165) is 0 Å². The molecule has 18 heavy (non-hydrogen) atoms. The Hall–Kier alpha value is -1.44. The Kier molecular flexibility index (Phi) is 3.53. The molecule has 0 atom stereocenters. The van der Waals surface area contributed by atoms with Crippen LogP contribution in [0.15, 0.2) is 12.1 Å². The number of carbonyl (C=O) groups excluding carboxylic acids is 1. The molecule has 0 aliphatic carbocycles. The minimum atomic E-state index is -5.29. The van der Waals surface area contributed by atoms with Crippen molar-refractivity contribution >= 4 is 23.1 Å². The largest absolute Gasteiger partial charge is 0.454 e. The maximum atomic E-state index is 12.4. The quantitative estimate of drug-likeness (QED) is 0.487. The summed E-state index contributed by atoms with van der Waals surface area (Å²) in [5.74, 6) is -2.42. The van der Waals surface area contributed by atoms with E-state index in [1.165, 1.54) is 0 Å². The van der Waals surface area contributed by atoms with Gasteiger partial charge >= 0.3 is 12.4 Å². The molecule has 0 aromatic heterocycles. The number of Topliss-reactive ketones (excluding diaryl/α,β-unsaturated/α-hetero) is 1. The summed E-state index contributed by atoms with van der Waals surface area (Å²) in [6.45, 7) is 0. The summed E-state index contributed by atoms with van der Waals surface area (Å²) >= 11 is 5.27. The van der Waals surface area contributed by atoms with Gasteiger partial charge in [0.05, 0.1) is 16.3 Å². The molecule has 0 radical (unpaired) electrons. The van der Waals surface area contributed by atoms with Crippen LogP contribution >= 0.6 is 11.6 Å². The third-order valence-corrected chi connectivity index (χ3v) is 2.27. The maximum Gasteiger partial charge on any atom is 0.454 e. The van der Waals surface area contributed by atoms with Crippen molar-refractivity contribution in [2.75, 3.05) is 5.73 Å². The molecule has 0 aliphatic rings. The van der Waals surface area contributed by atoms with Crippen molar-refractivity contribution in [1.29, 1.82) is 0 Å². The molecule has 0 fully saturated rings. The van der Waals surface area contributed by atoms with Crippen LogP contribution in [0.4, 0.5) is 32.0 Å². The molecule has 0 unspecified atom stereocenters. The van der Waals surface area contributed by atoms with Crippen LogP contribution < -0.4 is 5.73 Å². The summed E-state index contributed by atoms with van der Waals surface area (Å²) in [7, 11) is 0. The Bertz CT molecular complexity index is 493. The zero-order valence-electron chi connectivity index (χ0n) is 8.29. The Morgan fingerprint density at radius 1 is 1.11 bits per heavy atom. The van der Waals surface area contributed by atoms with Crippen LogP contribution in [-0.2, 0) is 6.18 Å². The standard InChI is InChI=1S/C9H4ClF6NO/c10-5-2-3(7(18)9(14,15)16)1-4(6(5)17)8(11,12)13/h1-2H,17H2. The smallest absolute Gasteiger partial charge is 0.397 e. The molecule has 0 aliphatic heterocycles. The van der Waals surface area contributed by atoms with Crippen LogP contribution in [0.5, 0.6) is 0 Å². The van der Waals surface area contributed by atoms with E-state index in [2.05, 4.69) is 0 Å². The minimum Gasteiger partial charge on any atom is -0.397 e. The molecule has 2 nitrogen and oxygen atoms in total. The van der Waals surface area contributed by atoms with Crippen molar-refractivity contribution in [3.63, 3.8) is 0 Å². The number of alkyl halides is 6. The SMILES string of the molecule is Nc1c(Cl)cc(C(=O)C(F)(F)F)cc1C(F)(F)F. The first-order chi connectivity index (χ1) is 7.94. The highest BCUT2D eigenvalue weighted by atomic mass is 35.5. The molecular weight excluding hydrogens is 288 g/mol. The Balaban J connectivity index is 3.43. The minimum absolute atomic E-state index is 0.0248. The van der Waals surface area contributed by atoms with Gasteiger partial charge < -0.3 is 5.73 Å². The van der Waals surface area contributed by atoms with Crippen molar-refractivity contribution in [1.82, 2.24) is 0 Å². The average molecular weight is 292 g/mol. The highest BCUT2D eigenvalue weighted by Gasteiger charge is 2.41. The van der Waals surface area contributed by atoms with Crippen LogP contribution in [0.1, 0.15) is 15.9 Å². The fourth-order valence-corrected chi connectivity index (χ4v) is 1.37. The first kappa shape index (κ1) is 14.6. The molecule has 2 N–H and O–H groups in total. The highest BCUT2D eigenvalue weighted by Crippen LogP contribution is 2.38. The van der Waals surface area contributed by atoms with Crippen LogP contribution in [0.2, 0.25) is 5.02 Å². The monoisotopic (exact) mass is 291 g/mol. The van der Waals surface area contributed by atoms with Gasteiger partial charge in [0, 0.05) is 5.56 Å². The summed E-state index contributed by atoms with van der Waals surface area (Å²) in [5.41, 5.74) is 1.28. The molecule has 9 heteroatoms. The Morgan fingerprint density at radius 3 is 2.00 bits per heavy atom. The van der Waals surface area contributed by atoms with E-state index in [4.69, 9.17) is 17.3 Å². The van der Waals surface area contributed by atoms with Gasteiger partial charge in [0.2, 0.25) is 0 Å². The van der Waals surface area contributed by atoms with Gasteiger partial charge in [-0.05, 0) is 12.1 Å². The van der Waals surface area contributed by atoms with E-state index in [9.17, 15) is 31.1 Å². The number of rotatable bonds is 1. The number of hydrogen-bond donors (Lipinski definition) is 1. The molecule has 0 amide bonds. The topological polar surface area (TPSA) is 43.1 Å². The predicted molar refractivity (Wildman–Crippen MR) is 51.3 cm³/mol. The van der Waals surface area contributed by atoms with Crippen molar-refractivity contribution < 1.29 is 31.1 Å². The van der Waals surface area contributed by atoms with Gasteiger partial charge in [0.25, 0.3) is 5.78 Å².